The van der Waals surface area contributed by atoms with Gasteiger partial charge in [0.25, 0.3) is 5.91 Å². The van der Waals surface area contributed by atoms with E-state index in [0.29, 0.717) is 25.2 Å². The van der Waals surface area contributed by atoms with Crippen molar-refractivity contribution >= 4 is 28.3 Å². The molecule has 1 heterocycles. The zero-order valence-electron chi connectivity index (χ0n) is 13.4. The van der Waals surface area contributed by atoms with Crippen LogP contribution >= 0.6 is 12.4 Å². The van der Waals surface area contributed by atoms with E-state index in [-0.39, 0.29) is 29.3 Å². The Balaban J connectivity index is 0.00000264. The van der Waals surface area contributed by atoms with Gasteiger partial charge in [0.1, 0.15) is 0 Å². The molecule has 1 atom stereocenters. The van der Waals surface area contributed by atoms with E-state index >= 15 is 0 Å². The molecule has 2 N–H and O–H groups in total. The molecular weight excluding hydrogens is 338 g/mol. The minimum atomic E-state index is -3.42. The van der Waals surface area contributed by atoms with Crippen molar-refractivity contribution in [1.29, 1.82) is 0 Å². The van der Waals surface area contributed by atoms with Crippen molar-refractivity contribution in [3.63, 3.8) is 0 Å². The fourth-order valence-electron chi connectivity index (χ4n) is 2.31. The summed E-state index contributed by atoms with van der Waals surface area (Å²) >= 11 is 0. The molecule has 23 heavy (non-hydrogen) atoms. The molecule has 0 aliphatic carbocycles. The maximum absolute atomic E-state index is 12.4. The van der Waals surface area contributed by atoms with Crippen LogP contribution in [0.2, 0.25) is 0 Å². The number of nitrogens with one attached hydrogen (secondary N) is 2. The molecule has 1 fully saturated rings. The zero-order valence-corrected chi connectivity index (χ0v) is 15.0. The molecule has 8 heteroatoms. The van der Waals surface area contributed by atoms with Gasteiger partial charge in [-0.05, 0) is 51.1 Å². The van der Waals surface area contributed by atoms with Crippen LogP contribution in [0.15, 0.2) is 29.2 Å². The van der Waals surface area contributed by atoms with E-state index in [1.54, 1.807) is 12.1 Å². The predicted molar refractivity (Wildman–Crippen MR) is 92.5 cm³/mol. The van der Waals surface area contributed by atoms with Crippen LogP contribution in [0.4, 0.5) is 0 Å². The molecule has 1 aliphatic rings. The molecule has 6 nitrogen and oxygen atoms in total. The fourth-order valence-corrected chi connectivity index (χ4v) is 3.82. The molecule has 130 valence electrons. The van der Waals surface area contributed by atoms with Gasteiger partial charge in [-0.1, -0.05) is 0 Å². The summed E-state index contributed by atoms with van der Waals surface area (Å²) in [4.78, 5) is 12.2. The normalized spacial score (nSPS) is 16.6. The van der Waals surface area contributed by atoms with Crippen LogP contribution < -0.4 is 10.6 Å². The predicted octanol–water partition coefficient (Wildman–Crippen LogP) is 1.23. The van der Waals surface area contributed by atoms with Gasteiger partial charge in [0.2, 0.25) is 10.0 Å². The number of hydrogen-bond donors (Lipinski definition) is 2. The highest BCUT2D eigenvalue weighted by Crippen LogP contribution is 2.21. The van der Waals surface area contributed by atoms with Crippen LogP contribution in [0.5, 0.6) is 0 Å². The van der Waals surface area contributed by atoms with Crippen molar-refractivity contribution < 1.29 is 13.2 Å². The second-order valence-corrected chi connectivity index (χ2v) is 7.47. The minimum absolute atomic E-state index is 0. The zero-order chi connectivity index (χ0) is 16.2. The second kappa shape index (κ2) is 8.63. The summed E-state index contributed by atoms with van der Waals surface area (Å²) in [6.45, 7) is 3.63. The van der Waals surface area contributed by atoms with E-state index in [1.807, 2.05) is 14.0 Å². The smallest absolute Gasteiger partial charge is 0.251 e. The number of rotatable bonds is 6. The fraction of sp³-hybridized carbons (Fsp3) is 0.533. The van der Waals surface area contributed by atoms with Gasteiger partial charge in [0, 0.05) is 31.2 Å². The first-order chi connectivity index (χ1) is 10.4. The van der Waals surface area contributed by atoms with Crippen molar-refractivity contribution in [2.45, 2.75) is 30.7 Å². The third-order valence-corrected chi connectivity index (χ3v) is 5.79. The monoisotopic (exact) mass is 361 g/mol. The topological polar surface area (TPSA) is 78.5 Å². The first-order valence-electron chi connectivity index (χ1n) is 7.51. The first kappa shape index (κ1) is 19.9. The summed E-state index contributed by atoms with van der Waals surface area (Å²) in [6, 6.07) is 6.30. The number of hydrogen-bond acceptors (Lipinski definition) is 4. The third-order valence-electron chi connectivity index (χ3n) is 3.88. The summed E-state index contributed by atoms with van der Waals surface area (Å²) < 4.78 is 26.3. The van der Waals surface area contributed by atoms with Crippen LogP contribution in [0.1, 0.15) is 30.1 Å². The van der Waals surface area contributed by atoms with Crippen molar-refractivity contribution in [3.8, 4) is 0 Å². The lowest BCUT2D eigenvalue weighted by molar-refractivity contribution is 0.0950. The molecule has 0 spiro atoms. The van der Waals surface area contributed by atoms with Crippen LogP contribution in [-0.2, 0) is 10.0 Å². The molecule has 1 aromatic carbocycles. The molecule has 0 saturated carbocycles. The maximum Gasteiger partial charge on any atom is 0.251 e. The largest absolute Gasteiger partial charge is 0.350 e. The molecular formula is C15H24ClN3O3S. The van der Waals surface area contributed by atoms with E-state index < -0.39 is 10.0 Å². The lowest BCUT2D eigenvalue weighted by atomic mass is 10.2. The van der Waals surface area contributed by atoms with Gasteiger partial charge in [-0.2, -0.15) is 4.31 Å². The third kappa shape index (κ3) is 4.91. The lowest BCUT2D eigenvalue weighted by Gasteiger charge is -2.15. The Hall–Kier alpha value is -1.15. The molecule has 0 bridgehead atoms. The Kier molecular flexibility index (Phi) is 7.47. The first-order valence-corrected chi connectivity index (χ1v) is 8.95. The van der Waals surface area contributed by atoms with E-state index in [0.717, 1.165) is 12.8 Å². The van der Waals surface area contributed by atoms with Gasteiger partial charge in [-0.15, -0.1) is 12.4 Å². The summed E-state index contributed by atoms with van der Waals surface area (Å²) in [7, 11) is -1.59. The average Bonchev–Trinajstić information content (AvgIpc) is 3.07. The quantitative estimate of drug-likeness (QED) is 0.798. The van der Waals surface area contributed by atoms with Crippen LogP contribution in [-0.4, -0.2) is 51.4 Å². The van der Waals surface area contributed by atoms with Gasteiger partial charge in [0.05, 0.1) is 4.90 Å². The number of carbonyl (C=O) groups is 1. The van der Waals surface area contributed by atoms with Crippen LogP contribution in [0, 0.1) is 0 Å². The molecule has 1 aromatic rings. The number of carbonyl (C=O) groups excluding carboxylic acids is 1. The molecule has 1 aliphatic heterocycles. The molecule has 2 rings (SSSR count). The maximum atomic E-state index is 12.4. The van der Waals surface area contributed by atoms with E-state index in [2.05, 4.69) is 10.6 Å². The lowest BCUT2D eigenvalue weighted by Crippen LogP contribution is -2.37. The molecule has 0 aromatic heterocycles. The summed E-state index contributed by atoms with van der Waals surface area (Å²) in [6.07, 6.45) is 1.81. The number of halogens is 1. The van der Waals surface area contributed by atoms with Crippen molar-refractivity contribution in [2.24, 2.45) is 0 Å². The van der Waals surface area contributed by atoms with Gasteiger partial charge in [-0.3, -0.25) is 4.79 Å². The van der Waals surface area contributed by atoms with Crippen molar-refractivity contribution in [2.75, 3.05) is 26.7 Å². The minimum Gasteiger partial charge on any atom is -0.350 e. The van der Waals surface area contributed by atoms with Crippen molar-refractivity contribution in [1.82, 2.24) is 14.9 Å². The molecule has 1 amide bonds. The second-order valence-electron chi connectivity index (χ2n) is 5.54. The molecule has 0 radical (unpaired) electrons. The number of likely N-dealkylation sites (N-methyl/N-ethyl adjacent to an activating group) is 1. The van der Waals surface area contributed by atoms with Gasteiger partial charge < -0.3 is 10.6 Å². The molecule has 1 unspecified atom stereocenters. The highest BCUT2D eigenvalue weighted by molar-refractivity contribution is 7.89. The van der Waals surface area contributed by atoms with Crippen LogP contribution in [0.25, 0.3) is 0 Å². The van der Waals surface area contributed by atoms with Crippen molar-refractivity contribution in [3.05, 3.63) is 29.8 Å². The summed E-state index contributed by atoms with van der Waals surface area (Å²) in [5.74, 6) is -0.202. The van der Waals surface area contributed by atoms with Gasteiger partial charge >= 0.3 is 0 Å². The highest BCUT2D eigenvalue weighted by Gasteiger charge is 2.27. The average molecular weight is 362 g/mol. The standard InChI is InChI=1S/C15H23N3O3S.ClH/c1-12(16-2)11-17-15(19)13-5-7-14(8-6-13)22(20,21)18-9-3-4-10-18;/h5-8,12,16H,3-4,9-11H2,1-2H3,(H,17,19);1H. The Morgan fingerprint density at radius 1 is 1.22 bits per heavy atom. The number of nitrogens with zero attached hydrogens (tertiary/aromatic N) is 1. The Morgan fingerprint density at radius 2 is 1.78 bits per heavy atom. The van der Waals surface area contributed by atoms with Gasteiger partial charge in [0.15, 0.2) is 0 Å². The highest BCUT2D eigenvalue weighted by atomic mass is 35.5. The number of amides is 1. The summed E-state index contributed by atoms with van der Waals surface area (Å²) in [5.41, 5.74) is 0.462. The van der Waals surface area contributed by atoms with E-state index in [1.165, 1.54) is 16.4 Å². The number of sulfonamides is 1. The Bertz CT molecular complexity index is 613. The number of benzene rings is 1. The summed E-state index contributed by atoms with van der Waals surface area (Å²) in [5, 5.41) is 5.83. The Labute approximate surface area is 144 Å². The van der Waals surface area contributed by atoms with Gasteiger partial charge in [-0.25, -0.2) is 8.42 Å². The Morgan fingerprint density at radius 3 is 2.30 bits per heavy atom. The SMILES string of the molecule is CNC(C)CNC(=O)c1ccc(S(=O)(=O)N2CCCC2)cc1.Cl. The van der Waals surface area contributed by atoms with E-state index in [9.17, 15) is 13.2 Å². The van der Waals surface area contributed by atoms with Crippen LogP contribution in [0.3, 0.4) is 0 Å². The molecule has 1 saturated heterocycles. The van der Waals surface area contributed by atoms with E-state index in [4.69, 9.17) is 0 Å².